The summed E-state index contributed by atoms with van der Waals surface area (Å²) < 4.78 is 0. The van der Waals surface area contributed by atoms with Crippen molar-refractivity contribution in [3.8, 4) is 0 Å². The zero-order valence-electron chi connectivity index (χ0n) is 10.1. The van der Waals surface area contributed by atoms with E-state index in [-0.39, 0.29) is 0 Å². The third kappa shape index (κ3) is 5.13. The molecule has 0 aromatic carbocycles. The van der Waals surface area contributed by atoms with Gasteiger partial charge in [0.1, 0.15) is 0 Å². The van der Waals surface area contributed by atoms with Gasteiger partial charge in [-0.15, -0.1) is 0 Å². The van der Waals surface area contributed by atoms with Crippen LogP contribution in [0.1, 0.15) is 60.3 Å². The molecular weight excluding hydrogens is 156 g/mol. The van der Waals surface area contributed by atoms with E-state index in [1.807, 2.05) is 0 Å². The highest BCUT2D eigenvalue weighted by atomic mass is 14.3. The first-order valence-electron chi connectivity index (χ1n) is 5.56. The molecule has 0 N–H and O–H groups in total. The Kier molecular flexibility index (Phi) is 5.36. The van der Waals surface area contributed by atoms with Crippen molar-refractivity contribution < 1.29 is 0 Å². The van der Waals surface area contributed by atoms with E-state index in [4.69, 9.17) is 0 Å². The van der Waals surface area contributed by atoms with E-state index in [1.54, 1.807) is 0 Å². The molecule has 0 spiro atoms. The minimum absolute atomic E-state index is 0.494. The van der Waals surface area contributed by atoms with Gasteiger partial charge in [0.2, 0.25) is 0 Å². The number of hydrogen-bond acceptors (Lipinski definition) is 0. The molecular formula is C13H26. The Morgan fingerprint density at radius 1 is 1.31 bits per heavy atom. The molecule has 0 rings (SSSR count). The second-order valence-corrected chi connectivity index (χ2v) is 5.10. The van der Waals surface area contributed by atoms with Crippen LogP contribution in [0.4, 0.5) is 0 Å². The minimum Gasteiger partial charge on any atom is -0.0999 e. The fourth-order valence-electron chi connectivity index (χ4n) is 1.26. The van der Waals surface area contributed by atoms with Crippen LogP contribution in [0, 0.1) is 11.3 Å². The standard InChI is InChI=1S/C13H26/c1-7-12(4)9-8-10-13(5,6)11(2)3/h11H,4,7-10H2,1-3,5-6H3. The van der Waals surface area contributed by atoms with E-state index < -0.39 is 0 Å². The Balaban J connectivity index is 3.70. The van der Waals surface area contributed by atoms with E-state index in [0.29, 0.717) is 5.41 Å². The maximum atomic E-state index is 4.04. The number of hydrogen-bond donors (Lipinski definition) is 0. The fraction of sp³-hybridized carbons (Fsp3) is 0.846. The Morgan fingerprint density at radius 3 is 2.23 bits per heavy atom. The van der Waals surface area contributed by atoms with Crippen molar-refractivity contribution in [1.82, 2.24) is 0 Å². The summed E-state index contributed by atoms with van der Waals surface area (Å²) in [7, 11) is 0. The van der Waals surface area contributed by atoms with Crippen LogP contribution in [-0.2, 0) is 0 Å². The Bertz CT molecular complexity index is 151. The molecule has 0 unspecified atom stereocenters. The smallest absolute Gasteiger partial charge is 0.0323 e. The molecule has 0 aliphatic heterocycles. The van der Waals surface area contributed by atoms with Gasteiger partial charge in [-0.1, -0.05) is 46.8 Å². The molecule has 0 bridgehead atoms. The lowest BCUT2D eigenvalue weighted by Gasteiger charge is -2.29. The lowest BCUT2D eigenvalue weighted by molar-refractivity contribution is 0.223. The summed E-state index contributed by atoms with van der Waals surface area (Å²) in [6.45, 7) is 15.6. The van der Waals surface area contributed by atoms with Gasteiger partial charge in [-0.25, -0.2) is 0 Å². The van der Waals surface area contributed by atoms with Crippen LogP contribution in [0.25, 0.3) is 0 Å². The first-order chi connectivity index (χ1) is 5.90. The van der Waals surface area contributed by atoms with Crippen LogP contribution in [0.5, 0.6) is 0 Å². The molecule has 0 amide bonds. The topological polar surface area (TPSA) is 0 Å². The Labute approximate surface area is 84.4 Å². The molecule has 0 nitrogen and oxygen atoms in total. The van der Waals surface area contributed by atoms with E-state index in [0.717, 1.165) is 12.3 Å². The van der Waals surface area contributed by atoms with Gasteiger partial charge in [0.05, 0.1) is 0 Å². The molecule has 0 atom stereocenters. The van der Waals surface area contributed by atoms with Crippen molar-refractivity contribution >= 4 is 0 Å². The van der Waals surface area contributed by atoms with Crippen molar-refractivity contribution in [2.24, 2.45) is 11.3 Å². The molecule has 0 aliphatic rings. The van der Waals surface area contributed by atoms with Gasteiger partial charge >= 0.3 is 0 Å². The summed E-state index contributed by atoms with van der Waals surface area (Å²) in [4.78, 5) is 0. The van der Waals surface area contributed by atoms with Crippen molar-refractivity contribution in [3.05, 3.63) is 12.2 Å². The third-order valence-corrected chi connectivity index (χ3v) is 3.41. The van der Waals surface area contributed by atoms with Gasteiger partial charge < -0.3 is 0 Å². The zero-order valence-corrected chi connectivity index (χ0v) is 10.1. The summed E-state index contributed by atoms with van der Waals surface area (Å²) in [5.41, 5.74) is 1.90. The molecule has 0 fully saturated rings. The van der Waals surface area contributed by atoms with E-state index in [1.165, 1.54) is 24.8 Å². The van der Waals surface area contributed by atoms with Crippen LogP contribution < -0.4 is 0 Å². The molecule has 0 heteroatoms. The quantitative estimate of drug-likeness (QED) is 0.517. The van der Waals surface area contributed by atoms with Crippen molar-refractivity contribution in [2.75, 3.05) is 0 Å². The van der Waals surface area contributed by atoms with Crippen molar-refractivity contribution in [2.45, 2.75) is 60.3 Å². The van der Waals surface area contributed by atoms with Gasteiger partial charge in [0.15, 0.2) is 0 Å². The summed E-state index contributed by atoms with van der Waals surface area (Å²) in [5.74, 6) is 0.780. The average molecular weight is 182 g/mol. The second kappa shape index (κ2) is 5.47. The summed E-state index contributed by atoms with van der Waals surface area (Å²) >= 11 is 0. The van der Waals surface area contributed by atoms with Gasteiger partial charge in [0.25, 0.3) is 0 Å². The molecule has 13 heavy (non-hydrogen) atoms. The minimum atomic E-state index is 0.494. The molecule has 0 saturated heterocycles. The van der Waals surface area contributed by atoms with E-state index in [9.17, 15) is 0 Å². The Hall–Kier alpha value is -0.260. The van der Waals surface area contributed by atoms with Crippen LogP contribution in [0.15, 0.2) is 12.2 Å². The van der Waals surface area contributed by atoms with Crippen LogP contribution >= 0.6 is 0 Å². The summed E-state index contributed by atoms with van der Waals surface area (Å²) in [6, 6.07) is 0. The van der Waals surface area contributed by atoms with Gasteiger partial charge in [-0.05, 0) is 37.0 Å². The second-order valence-electron chi connectivity index (χ2n) is 5.10. The molecule has 0 aliphatic carbocycles. The lowest BCUT2D eigenvalue weighted by Crippen LogP contribution is -2.18. The van der Waals surface area contributed by atoms with Gasteiger partial charge in [0, 0.05) is 0 Å². The van der Waals surface area contributed by atoms with E-state index >= 15 is 0 Å². The average Bonchev–Trinajstić information content (AvgIpc) is 2.03. The Morgan fingerprint density at radius 2 is 1.85 bits per heavy atom. The van der Waals surface area contributed by atoms with Crippen LogP contribution in [-0.4, -0.2) is 0 Å². The van der Waals surface area contributed by atoms with E-state index in [2.05, 4.69) is 41.2 Å². The van der Waals surface area contributed by atoms with Gasteiger partial charge in [-0.3, -0.25) is 0 Å². The number of rotatable bonds is 6. The monoisotopic (exact) mass is 182 g/mol. The van der Waals surface area contributed by atoms with Crippen molar-refractivity contribution in [3.63, 3.8) is 0 Å². The predicted octanol–water partition coefficient (Wildman–Crippen LogP) is 4.81. The fourth-order valence-corrected chi connectivity index (χ4v) is 1.26. The molecule has 78 valence electrons. The highest BCUT2D eigenvalue weighted by molar-refractivity contribution is 4.92. The SMILES string of the molecule is C=C(CC)CCCC(C)(C)C(C)C. The summed E-state index contributed by atoms with van der Waals surface area (Å²) in [6.07, 6.45) is 4.98. The molecule has 0 heterocycles. The zero-order chi connectivity index (χ0) is 10.5. The number of allylic oxidation sites excluding steroid dienone is 1. The van der Waals surface area contributed by atoms with Gasteiger partial charge in [-0.2, -0.15) is 0 Å². The molecule has 0 aromatic rings. The third-order valence-electron chi connectivity index (χ3n) is 3.41. The molecule has 0 radical (unpaired) electrons. The first-order valence-corrected chi connectivity index (χ1v) is 5.56. The predicted molar refractivity (Wildman–Crippen MR) is 61.9 cm³/mol. The van der Waals surface area contributed by atoms with Crippen LogP contribution in [0.2, 0.25) is 0 Å². The maximum Gasteiger partial charge on any atom is -0.0323 e. The van der Waals surface area contributed by atoms with Crippen molar-refractivity contribution in [1.29, 1.82) is 0 Å². The van der Waals surface area contributed by atoms with Crippen LogP contribution in [0.3, 0.4) is 0 Å². The first kappa shape index (κ1) is 12.7. The summed E-state index contributed by atoms with van der Waals surface area (Å²) in [5, 5.41) is 0. The normalized spacial score (nSPS) is 12.2. The highest BCUT2D eigenvalue weighted by Crippen LogP contribution is 2.32. The molecule has 0 aromatic heterocycles. The molecule has 0 saturated carbocycles. The highest BCUT2D eigenvalue weighted by Gasteiger charge is 2.21. The lowest BCUT2D eigenvalue weighted by atomic mass is 9.77. The largest absolute Gasteiger partial charge is 0.0999 e. The maximum absolute atomic E-state index is 4.04.